The van der Waals surface area contributed by atoms with Crippen LogP contribution in [0.4, 0.5) is 0 Å². The lowest BCUT2D eigenvalue weighted by Crippen LogP contribution is -2.44. The number of carbonyl (C=O) groups excluding carboxylic acids is 3. The van der Waals surface area contributed by atoms with Crippen LogP contribution < -0.4 is 5.11 Å². The number of quaternary nitrogens is 1. The van der Waals surface area contributed by atoms with Crippen molar-refractivity contribution in [2.45, 2.75) is 328 Å². The quantitative estimate of drug-likeness (QED) is 0.0195. The molecule has 0 aliphatic rings. The molecule has 0 aromatic rings. The Morgan fingerprint density at radius 2 is 0.679 bits per heavy atom. The number of carboxylic acids is 1. The van der Waals surface area contributed by atoms with Crippen LogP contribution >= 0.6 is 0 Å². The van der Waals surface area contributed by atoms with E-state index in [0.717, 1.165) is 83.5 Å². The molecule has 486 valence electrons. The maximum atomic E-state index is 12.9. The monoisotopic (exact) mass is 1180 g/mol. The zero-order valence-electron chi connectivity index (χ0n) is 55.5. The highest BCUT2D eigenvalue weighted by Gasteiger charge is 2.22. The third-order valence-corrected chi connectivity index (χ3v) is 15.4. The molecule has 0 saturated heterocycles. The first kappa shape index (κ1) is 80.5. The molecule has 0 saturated carbocycles. The van der Waals surface area contributed by atoms with Crippen LogP contribution in [0.15, 0.2) is 85.1 Å². The first-order valence-corrected chi connectivity index (χ1v) is 35.2. The van der Waals surface area contributed by atoms with Crippen molar-refractivity contribution in [3.63, 3.8) is 0 Å². The van der Waals surface area contributed by atoms with Gasteiger partial charge in [-0.25, -0.2) is 0 Å². The average molecular weight is 1180 g/mol. The van der Waals surface area contributed by atoms with Gasteiger partial charge in [0.2, 0.25) is 0 Å². The second-order valence-electron chi connectivity index (χ2n) is 24.8. The number of hydrogen-bond donors (Lipinski definition) is 0. The molecule has 0 aromatic heterocycles. The van der Waals surface area contributed by atoms with Gasteiger partial charge in [0.15, 0.2) is 12.4 Å². The summed E-state index contributed by atoms with van der Waals surface area (Å²) in [7, 11) is 5.94. The third kappa shape index (κ3) is 66.0. The number of allylic oxidation sites excluding steroid dienone is 14. The summed E-state index contributed by atoms with van der Waals surface area (Å²) in [5.74, 6) is -2.27. The van der Waals surface area contributed by atoms with Crippen molar-refractivity contribution >= 4 is 17.9 Å². The number of esters is 2. The average Bonchev–Trinajstić information content (AvgIpc) is 3.55. The molecule has 0 spiro atoms. The van der Waals surface area contributed by atoms with Gasteiger partial charge in [0.05, 0.1) is 40.3 Å². The molecule has 2 atom stereocenters. The van der Waals surface area contributed by atoms with Crippen LogP contribution in [0, 0.1) is 0 Å². The summed E-state index contributed by atoms with van der Waals surface area (Å²) in [5, 5.41) is 11.8. The highest BCUT2D eigenvalue weighted by atomic mass is 16.7. The normalized spacial score (nSPS) is 13.2. The van der Waals surface area contributed by atoms with Gasteiger partial charge in [-0.2, -0.15) is 0 Å². The molecular formula is C75H133NO8. The first-order valence-electron chi connectivity index (χ1n) is 35.2. The van der Waals surface area contributed by atoms with E-state index in [-0.39, 0.29) is 32.2 Å². The Bertz CT molecular complexity index is 1650. The van der Waals surface area contributed by atoms with Gasteiger partial charge in [0.1, 0.15) is 13.2 Å². The molecule has 0 aromatic carbocycles. The van der Waals surface area contributed by atoms with Crippen LogP contribution in [0.2, 0.25) is 0 Å². The van der Waals surface area contributed by atoms with Gasteiger partial charge in [-0.05, 0) is 70.6 Å². The van der Waals surface area contributed by atoms with Crippen molar-refractivity contribution < 1.29 is 42.9 Å². The van der Waals surface area contributed by atoms with Crippen molar-refractivity contribution in [2.75, 3.05) is 47.5 Å². The predicted molar refractivity (Wildman–Crippen MR) is 357 cm³/mol. The summed E-state index contributed by atoms with van der Waals surface area (Å²) in [4.78, 5) is 37.5. The van der Waals surface area contributed by atoms with Gasteiger partial charge in [-0.1, -0.05) is 317 Å². The summed E-state index contributed by atoms with van der Waals surface area (Å²) in [6.07, 6.45) is 85.2. The Labute approximate surface area is 519 Å². The third-order valence-electron chi connectivity index (χ3n) is 15.4. The molecule has 0 N–H and O–H groups in total. The summed E-state index contributed by atoms with van der Waals surface area (Å²) in [5.41, 5.74) is 0. The second kappa shape index (κ2) is 65.4. The van der Waals surface area contributed by atoms with E-state index in [1.54, 1.807) is 0 Å². The number of unbranched alkanes of at least 4 members (excludes halogenated alkanes) is 36. The smallest absolute Gasteiger partial charge is 0.306 e. The minimum absolute atomic E-state index is 0.148. The second-order valence-corrected chi connectivity index (χ2v) is 24.8. The van der Waals surface area contributed by atoms with E-state index >= 15 is 0 Å². The molecule has 9 nitrogen and oxygen atoms in total. The molecule has 0 amide bonds. The molecule has 2 unspecified atom stereocenters. The Balaban J connectivity index is 4.08. The standard InChI is InChI=1S/C75H133NO8/c1-6-8-10-12-14-16-18-20-22-24-26-28-30-31-32-33-34-35-36-37-38-39-40-41-42-43-44-46-48-50-52-54-56-58-60-62-64-66-73(78)84-71(70-83-75(74(79)80)81-68-67-76(3,4)5)69-82-72(77)65-63-61-59-57-55-53-51-49-47-45-29-27-25-23-21-19-17-15-13-11-9-7-2/h8,10,14,16,20,22,26,28,31-32,34-35,37-38,71,75H,6-7,9,11-13,15,17-19,21,23-25,27,29-30,33,36,39-70H2,1-5H3/b10-8-,16-14-,22-20-,28-26-,32-31-,35-34-,38-37-. The molecule has 0 radical (unpaired) electrons. The van der Waals surface area contributed by atoms with E-state index in [9.17, 15) is 19.5 Å². The van der Waals surface area contributed by atoms with Gasteiger partial charge in [-0.15, -0.1) is 0 Å². The number of aliphatic carboxylic acids is 1. The van der Waals surface area contributed by atoms with E-state index in [1.165, 1.54) is 199 Å². The molecule has 0 heterocycles. The van der Waals surface area contributed by atoms with Crippen LogP contribution in [0.5, 0.6) is 0 Å². The summed E-state index contributed by atoms with van der Waals surface area (Å²) in [6, 6.07) is 0. The Morgan fingerprint density at radius 3 is 1.01 bits per heavy atom. The zero-order valence-corrected chi connectivity index (χ0v) is 55.5. The summed E-state index contributed by atoms with van der Waals surface area (Å²) < 4.78 is 22.8. The maximum Gasteiger partial charge on any atom is 0.306 e. The van der Waals surface area contributed by atoms with Crippen LogP contribution in [-0.4, -0.2) is 82.3 Å². The fourth-order valence-corrected chi connectivity index (χ4v) is 10.0. The largest absolute Gasteiger partial charge is 0.545 e. The molecule has 0 aliphatic carbocycles. The summed E-state index contributed by atoms with van der Waals surface area (Å²) >= 11 is 0. The topological polar surface area (TPSA) is 111 Å². The van der Waals surface area contributed by atoms with Gasteiger partial charge in [0, 0.05) is 12.8 Å². The molecule has 0 bridgehead atoms. The Kier molecular flexibility index (Phi) is 62.7. The lowest BCUT2D eigenvalue weighted by atomic mass is 10.0. The summed E-state index contributed by atoms with van der Waals surface area (Å²) in [6.45, 7) is 4.68. The SMILES string of the molecule is CC/C=C\C/C=C\C/C=C\C/C=C\C/C=C\C/C=C\C/C=C\CCCCCCCCCCCCCCCCCC(=O)OC(COC(=O)CCCCCCCCCCCCCCCCCCCCCCCC)COC(OCC[N+](C)(C)C)C(=O)[O-]. The van der Waals surface area contributed by atoms with E-state index < -0.39 is 24.3 Å². The minimum Gasteiger partial charge on any atom is -0.545 e. The van der Waals surface area contributed by atoms with E-state index in [1.807, 2.05) is 21.1 Å². The highest BCUT2D eigenvalue weighted by molar-refractivity contribution is 5.70. The molecule has 0 aliphatic heterocycles. The first-order chi connectivity index (χ1) is 41.1. The minimum atomic E-state index is -1.62. The van der Waals surface area contributed by atoms with Gasteiger partial charge in [-0.3, -0.25) is 9.59 Å². The van der Waals surface area contributed by atoms with Crippen LogP contribution in [-0.2, 0) is 33.3 Å². The highest BCUT2D eigenvalue weighted by Crippen LogP contribution is 2.18. The van der Waals surface area contributed by atoms with Crippen molar-refractivity contribution in [3.8, 4) is 0 Å². The van der Waals surface area contributed by atoms with E-state index in [2.05, 4.69) is 98.9 Å². The van der Waals surface area contributed by atoms with Crippen molar-refractivity contribution in [3.05, 3.63) is 85.1 Å². The fraction of sp³-hybridized carbons (Fsp3) is 0.773. The predicted octanol–water partition coefficient (Wildman–Crippen LogP) is 20.5. The molecular weight excluding hydrogens is 1040 g/mol. The molecule has 84 heavy (non-hydrogen) atoms. The number of nitrogens with zero attached hydrogens (tertiary/aromatic N) is 1. The van der Waals surface area contributed by atoms with Crippen LogP contribution in [0.1, 0.15) is 316 Å². The van der Waals surface area contributed by atoms with Crippen LogP contribution in [0.3, 0.4) is 0 Å². The lowest BCUT2D eigenvalue weighted by molar-refractivity contribution is -0.870. The van der Waals surface area contributed by atoms with E-state index in [0.29, 0.717) is 23.9 Å². The molecule has 0 fully saturated rings. The molecule has 0 rings (SSSR count). The molecule has 9 heteroatoms. The van der Waals surface area contributed by atoms with E-state index in [4.69, 9.17) is 18.9 Å². The van der Waals surface area contributed by atoms with Gasteiger partial charge < -0.3 is 33.3 Å². The van der Waals surface area contributed by atoms with Crippen LogP contribution in [0.25, 0.3) is 0 Å². The maximum absolute atomic E-state index is 12.9. The lowest BCUT2D eigenvalue weighted by Gasteiger charge is -2.26. The van der Waals surface area contributed by atoms with Crippen molar-refractivity contribution in [1.82, 2.24) is 0 Å². The zero-order chi connectivity index (χ0) is 61.2. The number of carbonyl (C=O) groups is 3. The number of carboxylic acid groups (broad SMARTS) is 1. The van der Waals surface area contributed by atoms with Crippen molar-refractivity contribution in [1.29, 1.82) is 0 Å². The number of likely N-dealkylation sites (N-methyl/N-ethyl adjacent to an activating group) is 1. The number of ether oxygens (including phenoxy) is 4. The van der Waals surface area contributed by atoms with Gasteiger partial charge in [0.25, 0.3) is 0 Å². The number of rotatable bonds is 65. The van der Waals surface area contributed by atoms with Gasteiger partial charge >= 0.3 is 11.9 Å². The van der Waals surface area contributed by atoms with Crippen molar-refractivity contribution in [2.24, 2.45) is 0 Å². The number of hydrogen-bond acceptors (Lipinski definition) is 8. The fourth-order valence-electron chi connectivity index (χ4n) is 10.0. The Morgan fingerprint density at radius 1 is 0.369 bits per heavy atom. The Hall–Kier alpha value is -3.53.